The lowest BCUT2D eigenvalue weighted by Crippen LogP contribution is -2.04. The summed E-state index contributed by atoms with van der Waals surface area (Å²) >= 11 is 0. The van der Waals surface area contributed by atoms with Crippen molar-refractivity contribution in [1.29, 1.82) is 0 Å². The van der Waals surface area contributed by atoms with E-state index < -0.39 is 8.38 Å². The number of fused-ring (bicyclic) bond motifs is 3. The van der Waals surface area contributed by atoms with Crippen LogP contribution in [0, 0.1) is 13.8 Å². The van der Waals surface area contributed by atoms with E-state index in [-0.39, 0.29) is 0 Å². The largest absolute Gasteiger partial charge is 0.489 e. The second-order valence-corrected chi connectivity index (χ2v) is 10.2. The molecule has 3 aromatic carbocycles. The zero-order valence-electron chi connectivity index (χ0n) is 20.3. The van der Waals surface area contributed by atoms with Crippen LogP contribution in [0.5, 0.6) is 5.75 Å². The third-order valence-electron chi connectivity index (χ3n) is 6.42. The van der Waals surface area contributed by atoms with Crippen molar-refractivity contribution in [3.05, 3.63) is 101 Å². The Morgan fingerprint density at radius 2 is 1.75 bits per heavy atom. The molecule has 5 rings (SSSR count). The van der Waals surface area contributed by atoms with E-state index in [2.05, 4.69) is 54.1 Å². The Hall–Kier alpha value is -3.57. The molecule has 36 heavy (non-hydrogen) atoms. The van der Waals surface area contributed by atoms with Crippen LogP contribution in [0.2, 0.25) is 0 Å². The van der Waals surface area contributed by atoms with E-state index in [9.17, 15) is 9.79 Å². The number of rotatable bonds is 7. The van der Waals surface area contributed by atoms with Gasteiger partial charge in [0.1, 0.15) is 17.9 Å². The second-order valence-electron chi connectivity index (χ2n) is 9.09. The zero-order chi connectivity index (χ0) is 25.2. The molecule has 182 valence electrons. The zero-order valence-corrected chi connectivity index (χ0v) is 21.2. The number of benzene rings is 3. The Kier molecular flexibility index (Phi) is 6.84. The molecule has 0 bridgehead atoms. The van der Waals surface area contributed by atoms with Gasteiger partial charge in [0.15, 0.2) is 14.2 Å². The van der Waals surface area contributed by atoms with Crippen LogP contribution in [-0.2, 0) is 19.4 Å². The molecule has 0 amide bonds. The van der Waals surface area contributed by atoms with Gasteiger partial charge in [0, 0.05) is 22.3 Å². The summed E-state index contributed by atoms with van der Waals surface area (Å²) in [5.74, 6) is 1.25. The van der Waals surface area contributed by atoms with E-state index in [0.717, 1.165) is 57.1 Å². The molecule has 0 aliphatic rings. The summed E-state index contributed by atoms with van der Waals surface area (Å²) in [4.78, 5) is 28.0. The van der Waals surface area contributed by atoms with Crippen LogP contribution in [0.3, 0.4) is 0 Å². The quantitative estimate of drug-likeness (QED) is 0.209. The van der Waals surface area contributed by atoms with Crippen LogP contribution < -0.4 is 15.8 Å². The highest BCUT2D eigenvalue weighted by atomic mass is 31.2. The minimum atomic E-state index is -2.10. The monoisotopic (exact) mass is 497 g/mol. The summed E-state index contributed by atoms with van der Waals surface area (Å²) in [6, 6.07) is 21.7. The van der Waals surface area contributed by atoms with Crippen molar-refractivity contribution in [2.75, 3.05) is 5.73 Å². The smallest absolute Gasteiger partial charge is 0.199 e. The molecule has 2 heterocycles. The molecule has 0 unspecified atom stereocenters. The van der Waals surface area contributed by atoms with Crippen molar-refractivity contribution in [2.45, 2.75) is 33.3 Å². The molecule has 0 aliphatic heterocycles. The molecule has 0 atom stereocenters. The van der Waals surface area contributed by atoms with Gasteiger partial charge < -0.3 is 20.3 Å². The molecule has 0 saturated heterocycles. The van der Waals surface area contributed by atoms with Crippen LogP contribution in [0.4, 0.5) is 5.82 Å². The number of anilines is 1. The Balaban J connectivity index is 1.29. The van der Waals surface area contributed by atoms with Crippen LogP contribution in [0.1, 0.15) is 27.8 Å². The fourth-order valence-corrected chi connectivity index (χ4v) is 4.95. The molecule has 7 heteroatoms. The van der Waals surface area contributed by atoms with Crippen molar-refractivity contribution in [3.63, 3.8) is 0 Å². The number of nitrogen functional groups attached to an aromatic ring is 1. The van der Waals surface area contributed by atoms with Crippen LogP contribution in [0.25, 0.3) is 21.8 Å². The molecule has 0 radical (unpaired) electrons. The molecule has 0 fully saturated rings. The van der Waals surface area contributed by atoms with Gasteiger partial charge in [-0.15, -0.1) is 0 Å². The second kappa shape index (κ2) is 10.2. The van der Waals surface area contributed by atoms with Gasteiger partial charge in [-0.05, 0) is 90.9 Å². The predicted octanol–water partition coefficient (Wildman–Crippen LogP) is 5.27. The van der Waals surface area contributed by atoms with Gasteiger partial charge in [-0.3, -0.25) is 4.98 Å². The highest BCUT2D eigenvalue weighted by Crippen LogP contribution is 2.28. The topological polar surface area (TPSA) is 101 Å². The number of pyridine rings is 2. The minimum Gasteiger partial charge on any atom is -0.489 e. The number of nitrogens with zero attached hydrogens (tertiary/aromatic N) is 2. The van der Waals surface area contributed by atoms with Crippen molar-refractivity contribution in [1.82, 2.24) is 9.97 Å². The molecule has 0 saturated carbocycles. The summed E-state index contributed by atoms with van der Waals surface area (Å²) in [6.45, 7) is 4.51. The van der Waals surface area contributed by atoms with E-state index in [0.29, 0.717) is 17.7 Å². The maximum absolute atomic E-state index is 9.42. The molecule has 0 aliphatic carbocycles. The predicted molar refractivity (Wildman–Crippen MR) is 147 cm³/mol. The SMILES string of the molecule is Cc1ccc2c(c1)nc(N)c1ncc(CCc3ccc(OCc4cccc(P(O)O)c4)cc3C)cc12. The summed E-state index contributed by atoms with van der Waals surface area (Å²) < 4.78 is 5.95. The van der Waals surface area contributed by atoms with Gasteiger partial charge in [-0.2, -0.15) is 0 Å². The van der Waals surface area contributed by atoms with Crippen LogP contribution in [0.15, 0.2) is 72.9 Å². The lowest BCUT2D eigenvalue weighted by molar-refractivity contribution is 0.306. The van der Waals surface area contributed by atoms with Gasteiger partial charge in [0.25, 0.3) is 0 Å². The molecule has 0 spiro atoms. The molecule has 2 aromatic heterocycles. The Bertz CT molecular complexity index is 1570. The molecular formula is C29H28N3O3P. The van der Waals surface area contributed by atoms with Crippen molar-refractivity contribution >= 4 is 41.3 Å². The number of aryl methyl sites for hydroxylation is 4. The highest BCUT2D eigenvalue weighted by Gasteiger charge is 2.10. The van der Waals surface area contributed by atoms with Gasteiger partial charge in [0.05, 0.1) is 5.52 Å². The van der Waals surface area contributed by atoms with Crippen molar-refractivity contribution in [3.8, 4) is 5.75 Å². The Labute approximate surface area is 211 Å². The minimum absolute atomic E-state index is 0.365. The first kappa shape index (κ1) is 24.1. The van der Waals surface area contributed by atoms with E-state index in [1.807, 2.05) is 24.4 Å². The fourth-order valence-electron chi connectivity index (χ4n) is 4.45. The lowest BCUT2D eigenvalue weighted by Gasteiger charge is -2.12. The lowest BCUT2D eigenvalue weighted by atomic mass is 9.99. The number of aromatic nitrogens is 2. The van der Waals surface area contributed by atoms with E-state index in [1.165, 1.54) is 11.1 Å². The first-order chi connectivity index (χ1) is 17.4. The van der Waals surface area contributed by atoms with E-state index in [1.54, 1.807) is 18.2 Å². The molecular weight excluding hydrogens is 469 g/mol. The molecule has 5 aromatic rings. The average molecular weight is 498 g/mol. The number of hydrogen-bond acceptors (Lipinski definition) is 6. The maximum Gasteiger partial charge on any atom is 0.199 e. The summed E-state index contributed by atoms with van der Waals surface area (Å²) in [5.41, 5.74) is 13.5. The number of ether oxygens (including phenoxy) is 1. The standard InChI is InChI=1S/C29H28N3O3P/c1-18-6-11-25-26-15-20(16-31-28(26)29(30)32-27(25)12-18)7-8-22-9-10-23(13-19(22)2)35-17-21-4-3-5-24(14-21)36(33)34/h3-6,9-16,33-34H,7-8,17H2,1-2H3,(H2,30,32). The first-order valence-corrected chi connectivity index (χ1v) is 13.1. The van der Waals surface area contributed by atoms with Crippen LogP contribution >= 0.6 is 8.38 Å². The normalized spacial score (nSPS) is 11.5. The highest BCUT2D eigenvalue weighted by molar-refractivity contribution is 7.54. The van der Waals surface area contributed by atoms with Crippen molar-refractivity contribution in [2.24, 2.45) is 0 Å². The fraction of sp³-hybridized carbons (Fsp3) is 0.172. The summed E-state index contributed by atoms with van der Waals surface area (Å²) in [5, 5.41) is 2.62. The van der Waals surface area contributed by atoms with Crippen LogP contribution in [-0.4, -0.2) is 19.8 Å². The number of nitrogens with two attached hydrogens (primary N) is 1. The number of hydrogen-bond donors (Lipinski definition) is 3. The van der Waals surface area contributed by atoms with Gasteiger partial charge in [-0.1, -0.05) is 30.3 Å². The Morgan fingerprint density at radius 1 is 0.889 bits per heavy atom. The van der Waals surface area contributed by atoms with Gasteiger partial charge >= 0.3 is 0 Å². The first-order valence-electron chi connectivity index (χ1n) is 11.8. The molecule has 4 N–H and O–H groups in total. The third kappa shape index (κ3) is 5.17. The summed E-state index contributed by atoms with van der Waals surface area (Å²) in [7, 11) is -2.10. The Morgan fingerprint density at radius 3 is 2.56 bits per heavy atom. The maximum atomic E-state index is 9.42. The third-order valence-corrected chi connectivity index (χ3v) is 7.16. The van der Waals surface area contributed by atoms with Gasteiger partial charge in [-0.25, -0.2) is 4.98 Å². The van der Waals surface area contributed by atoms with Gasteiger partial charge in [0.2, 0.25) is 0 Å². The average Bonchev–Trinajstić information content (AvgIpc) is 2.87. The van der Waals surface area contributed by atoms with E-state index in [4.69, 9.17) is 10.5 Å². The van der Waals surface area contributed by atoms with Crippen molar-refractivity contribution < 1.29 is 14.5 Å². The summed E-state index contributed by atoms with van der Waals surface area (Å²) in [6.07, 6.45) is 3.64. The van der Waals surface area contributed by atoms with E-state index >= 15 is 0 Å². The molecule has 6 nitrogen and oxygen atoms in total.